The van der Waals surface area contributed by atoms with E-state index in [0.29, 0.717) is 12.0 Å². The zero-order valence-electron chi connectivity index (χ0n) is 10.1. The van der Waals surface area contributed by atoms with E-state index in [-0.39, 0.29) is 0 Å². The van der Waals surface area contributed by atoms with E-state index in [1.54, 1.807) is 11.3 Å². The highest BCUT2D eigenvalue weighted by Gasteiger charge is 2.25. The third-order valence-corrected chi connectivity index (χ3v) is 4.70. The van der Waals surface area contributed by atoms with Crippen molar-refractivity contribution < 1.29 is 0 Å². The maximum atomic E-state index is 5.96. The molecule has 2 rings (SSSR count). The Kier molecular flexibility index (Phi) is 4.74. The second-order valence-corrected chi connectivity index (χ2v) is 6.47. The zero-order valence-corrected chi connectivity index (χ0v) is 11.8. The Morgan fingerprint density at radius 1 is 1.65 bits per heavy atom. The standard InChI is InChI=1S/C12H19N3S2/c1-2-16-7-5-10-8-14-12(13)15(10)9-11-4-3-6-17-11/h3-4,6,10H,2,5,7-9H2,1H3,(H2,13,14). The van der Waals surface area contributed by atoms with Crippen LogP contribution in [0.5, 0.6) is 0 Å². The molecule has 1 aliphatic heterocycles. The lowest BCUT2D eigenvalue weighted by Crippen LogP contribution is -2.40. The number of nitrogens with two attached hydrogens (primary N) is 1. The van der Waals surface area contributed by atoms with Gasteiger partial charge >= 0.3 is 0 Å². The molecule has 94 valence electrons. The number of thiophene rings is 1. The minimum Gasteiger partial charge on any atom is -0.370 e. The fourth-order valence-electron chi connectivity index (χ4n) is 1.97. The summed E-state index contributed by atoms with van der Waals surface area (Å²) in [5.41, 5.74) is 5.96. The minimum atomic E-state index is 0.496. The predicted molar refractivity (Wildman–Crippen MR) is 77.8 cm³/mol. The molecule has 0 saturated heterocycles. The molecule has 1 unspecified atom stereocenters. The van der Waals surface area contributed by atoms with Crippen molar-refractivity contribution >= 4 is 29.1 Å². The van der Waals surface area contributed by atoms with Crippen LogP contribution in [0.2, 0.25) is 0 Å². The van der Waals surface area contributed by atoms with Gasteiger partial charge in [-0.3, -0.25) is 4.99 Å². The van der Waals surface area contributed by atoms with Crippen molar-refractivity contribution in [2.75, 3.05) is 18.1 Å². The first-order valence-corrected chi connectivity index (χ1v) is 8.01. The normalized spacial score (nSPS) is 19.7. The summed E-state index contributed by atoms with van der Waals surface area (Å²) in [7, 11) is 0. The Morgan fingerprint density at radius 2 is 2.53 bits per heavy atom. The van der Waals surface area contributed by atoms with Gasteiger partial charge in [0.2, 0.25) is 0 Å². The van der Waals surface area contributed by atoms with Gasteiger partial charge < -0.3 is 10.6 Å². The van der Waals surface area contributed by atoms with Crippen LogP contribution in [0.3, 0.4) is 0 Å². The Bertz CT molecular complexity index is 362. The number of thioether (sulfide) groups is 1. The van der Waals surface area contributed by atoms with E-state index < -0.39 is 0 Å². The molecule has 0 spiro atoms. The van der Waals surface area contributed by atoms with Crippen LogP contribution in [-0.2, 0) is 6.54 Å². The van der Waals surface area contributed by atoms with Crippen LogP contribution in [0, 0.1) is 0 Å². The zero-order chi connectivity index (χ0) is 12.1. The average molecular weight is 269 g/mol. The van der Waals surface area contributed by atoms with Crippen LogP contribution < -0.4 is 5.73 Å². The van der Waals surface area contributed by atoms with Crippen LogP contribution in [-0.4, -0.2) is 35.0 Å². The van der Waals surface area contributed by atoms with E-state index in [9.17, 15) is 0 Å². The van der Waals surface area contributed by atoms with Gasteiger partial charge in [-0.05, 0) is 29.4 Å². The van der Waals surface area contributed by atoms with E-state index in [0.717, 1.165) is 13.1 Å². The highest BCUT2D eigenvalue weighted by molar-refractivity contribution is 7.99. The number of nitrogens with zero attached hydrogens (tertiary/aromatic N) is 2. The molecule has 0 amide bonds. The maximum absolute atomic E-state index is 5.96. The van der Waals surface area contributed by atoms with Gasteiger partial charge in [0.15, 0.2) is 5.96 Å². The molecule has 0 radical (unpaired) electrons. The number of hydrogen-bond donors (Lipinski definition) is 1. The first-order chi connectivity index (χ1) is 8.31. The van der Waals surface area contributed by atoms with E-state index >= 15 is 0 Å². The van der Waals surface area contributed by atoms with Crippen LogP contribution in [0.1, 0.15) is 18.2 Å². The molecule has 1 atom stereocenters. The summed E-state index contributed by atoms with van der Waals surface area (Å²) < 4.78 is 0. The molecule has 1 aliphatic rings. The van der Waals surface area contributed by atoms with E-state index in [4.69, 9.17) is 5.73 Å². The highest BCUT2D eigenvalue weighted by Crippen LogP contribution is 2.20. The third-order valence-electron chi connectivity index (χ3n) is 2.90. The van der Waals surface area contributed by atoms with Crippen molar-refractivity contribution in [1.29, 1.82) is 0 Å². The second-order valence-electron chi connectivity index (χ2n) is 4.05. The molecule has 0 aromatic carbocycles. The van der Waals surface area contributed by atoms with Crippen LogP contribution >= 0.6 is 23.1 Å². The van der Waals surface area contributed by atoms with Gasteiger partial charge in [0, 0.05) is 4.88 Å². The van der Waals surface area contributed by atoms with Crippen molar-refractivity contribution in [3.63, 3.8) is 0 Å². The molecule has 0 aliphatic carbocycles. The predicted octanol–water partition coefficient (Wildman–Crippen LogP) is 2.39. The Balaban J connectivity index is 1.89. The molecule has 1 aromatic rings. The lowest BCUT2D eigenvalue weighted by Gasteiger charge is -2.25. The van der Waals surface area contributed by atoms with Crippen molar-refractivity contribution in [3.05, 3.63) is 22.4 Å². The summed E-state index contributed by atoms with van der Waals surface area (Å²) in [5, 5.41) is 2.11. The summed E-state index contributed by atoms with van der Waals surface area (Å²) >= 11 is 3.78. The lowest BCUT2D eigenvalue weighted by atomic mass is 10.2. The van der Waals surface area contributed by atoms with Crippen molar-refractivity contribution in [2.45, 2.75) is 25.9 Å². The average Bonchev–Trinajstić information content (AvgIpc) is 2.94. The quantitative estimate of drug-likeness (QED) is 0.806. The molecule has 3 nitrogen and oxygen atoms in total. The molecule has 2 N–H and O–H groups in total. The number of aliphatic imine (C=N–C) groups is 1. The van der Waals surface area contributed by atoms with Gasteiger partial charge in [0.1, 0.15) is 0 Å². The molecule has 0 bridgehead atoms. The molecule has 1 aromatic heterocycles. The van der Waals surface area contributed by atoms with Crippen LogP contribution in [0.15, 0.2) is 22.5 Å². The number of guanidine groups is 1. The van der Waals surface area contributed by atoms with Gasteiger partial charge in [0.05, 0.1) is 19.1 Å². The summed E-state index contributed by atoms with van der Waals surface area (Å²) in [6, 6.07) is 4.75. The van der Waals surface area contributed by atoms with Crippen LogP contribution in [0.25, 0.3) is 0 Å². The van der Waals surface area contributed by atoms with Gasteiger partial charge in [-0.25, -0.2) is 0 Å². The fraction of sp³-hybridized carbons (Fsp3) is 0.583. The van der Waals surface area contributed by atoms with Crippen molar-refractivity contribution in [2.24, 2.45) is 10.7 Å². The molecule has 17 heavy (non-hydrogen) atoms. The largest absolute Gasteiger partial charge is 0.370 e. The highest BCUT2D eigenvalue weighted by atomic mass is 32.2. The molecular weight excluding hydrogens is 250 g/mol. The van der Waals surface area contributed by atoms with Gasteiger partial charge in [0.25, 0.3) is 0 Å². The topological polar surface area (TPSA) is 41.6 Å². The van der Waals surface area contributed by atoms with Gasteiger partial charge in [-0.1, -0.05) is 13.0 Å². The smallest absolute Gasteiger partial charge is 0.191 e. The van der Waals surface area contributed by atoms with Crippen molar-refractivity contribution in [3.8, 4) is 0 Å². The molecule has 5 heteroatoms. The fourth-order valence-corrected chi connectivity index (χ4v) is 3.40. The Morgan fingerprint density at radius 3 is 3.24 bits per heavy atom. The van der Waals surface area contributed by atoms with Gasteiger partial charge in [-0.15, -0.1) is 11.3 Å². The van der Waals surface area contributed by atoms with E-state index in [2.05, 4.69) is 34.3 Å². The maximum Gasteiger partial charge on any atom is 0.191 e. The number of rotatable bonds is 6. The molecular formula is C12H19N3S2. The van der Waals surface area contributed by atoms with Crippen LogP contribution in [0.4, 0.5) is 0 Å². The summed E-state index contributed by atoms with van der Waals surface area (Å²) in [6.45, 7) is 3.98. The first-order valence-electron chi connectivity index (χ1n) is 5.98. The first kappa shape index (κ1) is 12.8. The van der Waals surface area contributed by atoms with Crippen molar-refractivity contribution in [1.82, 2.24) is 4.90 Å². The lowest BCUT2D eigenvalue weighted by molar-refractivity contribution is 0.329. The second kappa shape index (κ2) is 6.31. The monoisotopic (exact) mass is 269 g/mol. The summed E-state index contributed by atoms with van der Waals surface area (Å²) in [5.74, 6) is 3.10. The van der Waals surface area contributed by atoms with E-state index in [1.165, 1.54) is 22.8 Å². The SMILES string of the molecule is CCSCCC1CN=C(N)N1Cc1cccs1. The Hall–Kier alpha value is -0.680. The molecule has 0 saturated carbocycles. The third kappa shape index (κ3) is 3.39. The molecule has 0 fully saturated rings. The summed E-state index contributed by atoms with van der Waals surface area (Å²) in [6.07, 6.45) is 1.17. The molecule has 2 heterocycles. The van der Waals surface area contributed by atoms with Gasteiger partial charge in [-0.2, -0.15) is 11.8 Å². The van der Waals surface area contributed by atoms with E-state index in [1.807, 2.05) is 11.8 Å². The number of hydrogen-bond acceptors (Lipinski definition) is 5. The minimum absolute atomic E-state index is 0.496. The summed E-state index contributed by atoms with van der Waals surface area (Å²) in [4.78, 5) is 7.99. The Labute approximate surface area is 111 Å².